The van der Waals surface area contributed by atoms with Gasteiger partial charge in [0.1, 0.15) is 18.3 Å². The number of carbonyl (C=O) groups is 2. The molecule has 2 amide bonds. The number of hydrogen-bond acceptors (Lipinski definition) is 4. The Morgan fingerprint density at radius 3 is 2.61 bits per heavy atom. The minimum atomic E-state index is -0.911. The first-order valence-corrected chi connectivity index (χ1v) is 9.92. The second-order valence-electron chi connectivity index (χ2n) is 5.71. The zero-order valence-corrected chi connectivity index (χ0v) is 18.3. The molecule has 1 unspecified atom stereocenters. The van der Waals surface area contributed by atoms with E-state index < -0.39 is 17.7 Å². The third-order valence-electron chi connectivity index (χ3n) is 3.62. The van der Waals surface area contributed by atoms with Gasteiger partial charge in [-0.3, -0.25) is 9.59 Å². The third-order valence-corrected chi connectivity index (χ3v) is 4.93. The first kappa shape index (κ1) is 21.8. The first-order chi connectivity index (χ1) is 13.4. The molecule has 0 saturated heterocycles. The van der Waals surface area contributed by atoms with Crippen LogP contribution in [0.5, 0.6) is 5.75 Å². The molecule has 0 aliphatic heterocycles. The molecule has 0 aromatic heterocycles. The van der Waals surface area contributed by atoms with Crippen LogP contribution in [0.1, 0.15) is 12.5 Å². The molecule has 0 radical (unpaired) electrons. The summed E-state index contributed by atoms with van der Waals surface area (Å²) in [5, 5.41) is 6.61. The summed E-state index contributed by atoms with van der Waals surface area (Å²) >= 11 is 6.76. The Bertz CT molecular complexity index is 900. The van der Waals surface area contributed by atoms with Gasteiger partial charge in [-0.25, -0.2) is 5.43 Å². The second kappa shape index (κ2) is 10.8. The van der Waals surface area contributed by atoms with Crippen molar-refractivity contribution in [2.45, 2.75) is 6.92 Å². The molecule has 2 aromatic carbocycles. The van der Waals surface area contributed by atoms with Gasteiger partial charge in [-0.2, -0.15) is 5.10 Å². The lowest BCUT2D eigenvalue weighted by Gasteiger charge is -2.11. The van der Waals surface area contributed by atoms with Crippen LogP contribution in [0.2, 0.25) is 0 Å². The van der Waals surface area contributed by atoms with Crippen LogP contribution in [0.15, 0.2) is 69.2 Å². The van der Waals surface area contributed by atoms with E-state index in [0.717, 1.165) is 14.5 Å². The molecule has 2 aromatic rings. The molecular weight excluding hydrogens is 490 g/mol. The van der Waals surface area contributed by atoms with Crippen molar-refractivity contribution < 1.29 is 14.3 Å². The normalized spacial score (nSPS) is 11.7. The number of ether oxygens (including phenoxy) is 1. The molecule has 0 aliphatic rings. The lowest BCUT2D eigenvalue weighted by molar-refractivity contribution is -0.131. The van der Waals surface area contributed by atoms with Crippen LogP contribution in [0.25, 0.3) is 0 Å². The van der Waals surface area contributed by atoms with Gasteiger partial charge in [-0.1, -0.05) is 24.8 Å². The summed E-state index contributed by atoms with van der Waals surface area (Å²) in [6.45, 7) is 5.52. The zero-order valence-electron chi connectivity index (χ0n) is 15.1. The van der Waals surface area contributed by atoms with E-state index in [2.05, 4.69) is 54.3 Å². The van der Waals surface area contributed by atoms with Crippen molar-refractivity contribution in [1.29, 1.82) is 0 Å². The third kappa shape index (κ3) is 6.31. The molecular formula is C20H19Br2N3O3. The van der Waals surface area contributed by atoms with E-state index in [1.165, 1.54) is 13.1 Å². The molecule has 0 heterocycles. The summed E-state index contributed by atoms with van der Waals surface area (Å²) in [5.74, 6) is -1.17. The molecule has 2 N–H and O–H groups in total. The maximum atomic E-state index is 12.2. The maximum Gasteiger partial charge on any atom is 0.252 e. The van der Waals surface area contributed by atoms with Crippen LogP contribution in [0, 0.1) is 5.92 Å². The van der Waals surface area contributed by atoms with E-state index in [1.54, 1.807) is 42.5 Å². The molecule has 0 saturated carbocycles. The van der Waals surface area contributed by atoms with Gasteiger partial charge in [0, 0.05) is 4.47 Å². The summed E-state index contributed by atoms with van der Waals surface area (Å²) in [7, 11) is 0. The van der Waals surface area contributed by atoms with Crippen molar-refractivity contribution in [3.05, 3.63) is 69.6 Å². The van der Waals surface area contributed by atoms with Crippen molar-refractivity contribution in [2.24, 2.45) is 11.0 Å². The standard InChI is InChI=1S/C20H19Br2N3O3/c1-3-10-28-18-9-8-14(11-16(18)22)12-23-25-20(27)13(2)19(26)24-17-7-5-4-6-15(17)21/h3-9,11-13H,1,10H2,2H3,(H,24,26)(H,25,27). The number of anilines is 1. The number of para-hydroxylation sites is 1. The summed E-state index contributed by atoms with van der Waals surface area (Å²) < 4.78 is 6.96. The van der Waals surface area contributed by atoms with Crippen LogP contribution in [0.4, 0.5) is 5.69 Å². The van der Waals surface area contributed by atoms with E-state index >= 15 is 0 Å². The highest BCUT2D eigenvalue weighted by Crippen LogP contribution is 2.25. The Hall–Kier alpha value is -2.45. The molecule has 0 bridgehead atoms. The van der Waals surface area contributed by atoms with Crippen molar-refractivity contribution in [3.8, 4) is 5.75 Å². The Morgan fingerprint density at radius 1 is 1.18 bits per heavy atom. The summed E-state index contributed by atoms with van der Waals surface area (Å²) in [6.07, 6.45) is 3.14. The number of hydrogen-bond donors (Lipinski definition) is 2. The molecule has 146 valence electrons. The van der Waals surface area contributed by atoms with E-state index in [0.29, 0.717) is 18.0 Å². The Labute approximate surface area is 180 Å². The molecule has 6 nitrogen and oxygen atoms in total. The van der Waals surface area contributed by atoms with E-state index in [4.69, 9.17) is 4.74 Å². The lowest BCUT2D eigenvalue weighted by Crippen LogP contribution is -2.34. The number of rotatable bonds is 8. The fourth-order valence-corrected chi connectivity index (χ4v) is 2.95. The molecule has 28 heavy (non-hydrogen) atoms. The van der Waals surface area contributed by atoms with Crippen LogP contribution < -0.4 is 15.5 Å². The van der Waals surface area contributed by atoms with Crippen molar-refractivity contribution in [1.82, 2.24) is 5.43 Å². The van der Waals surface area contributed by atoms with Gasteiger partial charge in [0.2, 0.25) is 5.91 Å². The topological polar surface area (TPSA) is 79.8 Å². The predicted octanol–water partition coefficient (Wildman–Crippen LogP) is 4.50. The highest BCUT2D eigenvalue weighted by atomic mass is 79.9. The minimum absolute atomic E-state index is 0.404. The molecule has 1 atom stereocenters. The van der Waals surface area contributed by atoms with Gasteiger partial charge >= 0.3 is 0 Å². The number of nitrogens with zero attached hydrogens (tertiary/aromatic N) is 1. The van der Waals surface area contributed by atoms with E-state index in [1.807, 2.05) is 6.07 Å². The largest absolute Gasteiger partial charge is 0.488 e. The second-order valence-corrected chi connectivity index (χ2v) is 7.42. The highest BCUT2D eigenvalue weighted by Gasteiger charge is 2.21. The van der Waals surface area contributed by atoms with Gasteiger partial charge in [-0.05, 0) is 74.7 Å². The number of nitrogens with one attached hydrogen (secondary N) is 2. The van der Waals surface area contributed by atoms with Crippen molar-refractivity contribution in [3.63, 3.8) is 0 Å². The fourth-order valence-electron chi connectivity index (χ4n) is 2.05. The Morgan fingerprint density at radius 2 is 1.93 bits per heavy atom. The van der Waals surface area contributed by atoms with Gasteiger partial charge in [-0.15, -0.1) is 0 Å². The van der Waals surface area contributed by atoms with Crippen molar-refractivity contribution in [2.75, 3.05) is 11.9 Å². The van der Waals surface area contributed by atoms with Crippen molar-refractivity contribution >= 4 is 55.6 Å². The summed E-state index contributed by atoms with van der Waals surface area (Å²) in [5.41, 5.74) is 3.73. The molecule has 0 aliphatic carbocycles. The predicted molar refractivity (Wildman–Crippen MR) is 118 cm³/mol. The SMILES string of the molecule is C=CCOc1ccc(C=NNC(=O)C(C)C(=O)Nc2ccccc2Br)cc1Br. The smallest absolute Gasteiger partial charge is 0.252 e. The number of amides is 2. The van der Waals surface area contributed by atoms with E-state index in [9.17, 15) is 9.59 Å². The Balaban J connectivity index is 1.91. The quantitative estimate of drug-likeness (QED) is 0.238. The van der Waals surface area contributed by atoms with Gasteiger partial charge < -0.3 is 10.1 Å². The lowest BCUT2D eigenvalue weighted by atomic mass is 10.1. The number of hydrazone groups is 1. The van der Waals surface area contributed by atoms with Crippen LogP contribution in [-0.2, 0) is 9.59 Å². The van der Waals surface area contributed by atoms with Crippen LogP contribution >= 0.6 is 31.9 Å². The fraction of sp³-hybridized carbons (Fsp3) is 0.150. The average molecular weight is 509 g/mol. The van der Waals surface area contributed by atoms with E-state index in [-0.39, 0.29) is 0 Å². The van der Waals surface area contributed by atoms with Gasteiger partial charge in [0.05, 0.1) is 16.4 Å². The Kier molecular flexibility index (Phi) is 8.41. The maximum absolute atomic E-state index is 12.2. The highest BCUT2D eigenvalue weighted by molar-refractivity contribution is 9.11. The minimum Gasteiger partial charge on any atom is -0.488 e. The number of carbonyl (C=O) groups excluding carboxylic acids is 2. The average Bonchev–Trinajstić information content (AvgIpc) is 2.68. The van der Waals surface area contributed by atoms with Gasteiger partial charge in [0.25, 0.3) is 5.91 Å². The van der Waals surface area contributed by atoms with Gasteiger partial charge in [0.15, 0.2) is 0 Å². The summed E-state index contributed by atoms with van der Waals surface area (Å²) in [6, 6.07) is 12.5. The number of halogens is 2. The molecule has 0 fully saturated rings. The zero-order chi connectivity index (χ0) is 20.5. The molecule has 8 heteroatoms. The molecule has 0 spiro atoms. The summed E-state index contributed by atoms with van der Waals surface area (Å²) in [4.78, 5) is 24.4. The number of benzene rings is 2. The first-order valence-electron chi connectivity index (χ1n) is 8.34. The monoisotopic (exact) mass is 507 g/mol. The molecule has 2 rings (SSSR count). The van der Waals surface area contributed by atoms with Crippen LogP contribution in [0.3, 0.4) is 0 Å². The van der Waals surface area contributed by atoms with Crippen LogP contribution in [-0.4, -0.2) is 24.6 Å².